The lowest BCUT2D eigenvalue weighted by atomic mass is 10.1. The lowest BCUT2D eigenvalue weighted by Gasteiger charge is -2.13. The molecule has 0 saturated heterocycles. The fourth-order valence-corrected chi connectivity index (χ4v) is 2.41. The average molecular weight is 337 g/mol. The van der Waals surface area contributed by atoms with Gasteiger partial charge in [0.05, 0.1) is 5.56 Å². The van der Waals surface area contributed by atoms with Crippen LogP contribution in [0.1, 0.15) is 27.6 Å². The van der Waals surface area contributed by atoms with E-state index in [2.05, 4.69) is 4.98 Å². The predicted molar refractivity (Wildman–Crippen MR) is 81.6 cm³/mol. The van der Waals surface area contributed by atoms with Crippen LogP contribution in [0.15, 0.2) is 41.6 Å². The Morgan fingerprint density at radius 3 is 2.61 bits per heavy atom. The van der Waals surface area contributed by atoms with Gasteiger partial charge in [-0.05, 0) is 43.5 Å². The highest BCUT2D eigenvalue weighted by atomic mass is 32.2. The summed E-state index contributed by atoms with van der Waals surface area (Å²) in [6, 6.07) is 5.89. The van der Waals surface area contributed by atoms with Crippen molar-refractivity contribution in [1.82, 2.24) is 4.98 Å². The Morgan fingerprint density at radius 2 is 1.96 bits per heavy atom. The summed E-state index contributed by atoms with van der Waals surface area (Å²) in [6.07, 6.45) is 2.16. The molecule has 4 nitrogen and oxygen atoms in total. The molecule has 1 atom stereocenters. The minimum absolute atomic E-state index is 0.0690. The zero-order valence-corrected chi connectivity index (χ0v) is 13.2. The third kappa shape index (κ3) is 3.92. The molecule has 1 aromatic carbocycles. The van der Waals surface area contributed by atoms with Gasteiger partial charge < -0.3 is 4.74 Å². The highest BCUT2D eigenvalue weighted by Gasteiger charge is 2.23. The normalized spacial score (nSPS) is 11.8. The largest absolute Gasteiger partial charge is 0.451 e. The Kier molecular flexibility index (Phi) is 5.44. The summed E-state index contributed by atoms with van der Waals surface area (Å²) in [7, 11) is 0. The Bertz CT molecular complexity index is 752. The first-order chi connectivity index (χ1) is 10.9. The average Bonchev–Trinajstić information content (AvgIpc) is 2.56. The maximum absolute atomic E-state index is 13.2. The second kappa shape index (κ2) is 7.32. The number of benzene rings is 1. The molecule has 0 aliphatic carbocycles. The van der Waals surface area contributed by atoms with E-state index in [1.54, 1.807) is 18.5 Å². The molecule has 0 amide bonds. The fourth-order valence-electron chi connectivity index (χ4n) is 1.87. The summed E-state index contributed by atoms with van der Waals surface area (Å²) in [5, 5.41) is 0.477. The van der Waals surface area contributed by atoms with Gasteiger partial charge in [-0.3, -0.25) is 4.79 Å². The van der Waals surface area contributed by atoms with Crippen molar-refractivity contribution < 1.29 is 23.1 Å². The Hall–Kier alpha value is -2.28. The number of rotatable bonds is 5. The molecular formula is C16H13F2NO3S. The minimum atomic E-state index is -1.14. The molecule has 2 aromatic rings. The van der Waals surface area contributed by atoms with Gasteiger partial charge in [0, 0.05) is 11.8 Å². The minimum Gasteiger partial charge on any atom is -0.451 e. The molecule has 0 saturated carbocycles. The van der Waals surface area contributed by atoms with Gasteiger partial charge in [-0.15, -0.1) is 11.8 Å². The van der Waals surface area contributed by atoms with Crippen molar-refractivity contribution in [3.8, 4) is 0 Å². The van der Waals surface area contributed by atoms with Crippen molar-refractivity contribution in [3.05, 3.63) is 59.3 Å². The molecule has 0 spiro atoms. The lowest BCUT2D eigenvalue weighted by Crippen LogP contribution is -2.25. The first-order valence-electron chi connectivity index (χ1n) is 6.63. The van der Waals surface area contributed by atoms with Gasteiger partial charge in [0.2, 0.25) is 5.78 Å². The van der Waals surface area contributed by atoms with E-state index < -0.39 is 29.5 Å². The van der Waals surface area contributed by atoms with Gasteiger partial charge in [0.15, 0.2) is 17.7 Å². The molecule has 0 fully saturated rings. The molecule has 0 bridgehead atoms. The maximum atomic E-state index is 13.2. The van der Waals surface area contributed by atoms with Crippen LogP contribution in [0, 0.1) is 11.6 Å². The summed E-state index contributed by atoms with van der Waals surface area (Å²) in [4.78, 5) is 28.3. The van der Waals surface area contributed by atoms with E-state index >= 15 is 0 Å². The van der Waals surface area contributed by atoms with Crippen LogP contribution in [0.2, 0.25) is 0 Å². The molecule has 1 heterocycles. The molecule has 0 radical (unpaired) electrons. The van der Waals surface area contributed by atoms with Gasteiger partial charge in [-0.25, -0.2) is 18.6 Å². The number of hydrogen-bond donors (Lipinski definition) is 0. The Labute approximate surface area is 135 Å². The van der Waals surface area contributed by atoms with E-state index in [9.17, 15) is 18.4 Å². The van der Waals surface area contributed by atoms with Crippen molar-refractivity contribution >= 4 is 23.5 Å². The van der Waals surface area contributed by atoms with Crippen LogP contribution in [0.5, 0.6) is 0 Å². The van der Waals surface area contributed by atoms with E-state index in [4.69, 9.17) is 4.74 Å². The van der Waals surface area contributed by atoms with Crippen LogP contribution in [0.3, 0.4) is 0 Å². The number of aromatic nitrogens is 1. The van der Waals surface area contributed by atoms with Crippen LogP contribution in [0.4, 0.5) is 8.78 Å². The first kappa shape index (κ1) is 17.1. The highest BCUT2D eigenvalue weighted by Crippen LogP contribution is 2.19. The number of ether oxygens (including phenoxy) is 1. The third-order valence-electron chi connectivity index (χ3n) is 3.04. The van der Waals surface area contributed by atoms with E-state index in [1.165, 1.54) is 24.8 Å². The van der Waals surface area contributed by atoms with Crippen molar-refractivity contribution in [1.29, 1.82) is 0 Å². The van der Waals surface area contributed by atoms with Crippen molar-refractivity contribution in [2.24, 2.45) is 0 Å². The smallest absolute Gasteiger partial charge is 0.341 e. The second-order valence-electron chi connectivity index (χ2n) is 4.60. The predicted octanol–water partition coefficient (Wildman–Crippen LogP) is 3.51. The van der Waals surface area contributed by atoms with E-state index in [-0.39, 0.29) is 11.1 Å². The second-order valence-corrected chi connectivity index (χ2v) is 5.40. The first-order valence-corrected chi connectivity index (χ1v) is 7.85. The monoisotopic (exact) mass is 337 g/mol. The SMILES string of the molecule is CSc1ncccc1C(=O)OC(C)C(=O)c1ccc(F)c(F)c1. The zero-order valence-electron chi connectivity index (χ0n) is 12.4. The maximum Gasteiger partial charge on any atom is 0.341 e. The molecule has 0 aliphatic heterocycles. The number of thioether (sulfide) groups is 1. The van der Waals surface area contributed by atoms with Crippen LogP contribution in [-0.2, 0) is 4.74 Å². The van der Waals surface area contributed by atoms with E-state index in [1.807, 2.05) is 0 Å². The summed E-state index contributed by atoms with van der Waals surface area (Å²) >= 11 is 1.27. The number of Topliss-reactive ketones (excluding diaryl/α,β-unsaturated/α-hetero) is 1. The van der Waals surface area contributed by atoms with Crippen molar-refractivity contribution in [2.75, 3.05) is 6.26 Å². The summed E-state index contributed by atoms with van der Waals surface area (Å²) in [5.41, 5.74) is 0.172. The molecule has 0 aliphatic rings. The summed E-state index contributed by atoms with van der Waals surface area (Å²) < 4.78 is 31.2. The van der Waals surface area contributed by atoms with Crippen LogP contribution in [-0.4, -0.2) is 29.1 Å². The lowest BCUT2D eigenvalue weighted by molar-refractivity contribution is 0.0314. The number of carbonyl (C=O) groups is 2. The van der Waals surface area contributed by atoms with Gasteiger partial charge in [-0.2, -0.15) is 0 Å². The molecule has 23 heavy (non-hydrogen) atoms. The van der Waals surface area contributed by atoms with Crippen LogP contribution in [0.25, 0.3) is 0 Å². The number of hydrogen-bond acceptors (Lipinski definition) is 5. The highest BCUT2D eigenvalue weighted by molar-refractivity contribution is 7.98. The topological polar surface area (TPSA) is 56.3 Å². The van der Waals surface area contributed by atoms with Crippen LogP contribution < -0.4 is 0 Å². The van der Waals surface area contributed by atoms with E-state index in [0.717, 1.165) is 18.2 Å². The summed E-state index contributed by atoms with van der Waals surface area (Å²) in [5.74, 6) is -3.50. The van der Waals surface area contributed by atoms with Gasteiger partial charge in [-0.1, -0.05) is 0 Å². The number of pyridine rings is 1. The van der Waals surface area contributed by atoms with Crippen LogP contribution >= 0.6 is 11.8 Å². The molecular weight excluding hydrogens is 324 g/mol. The van der Waals surface area contributed by atoms with Crippen molar-refractivity contribution in [3.63, 3.8) is 0 Å². The number of nitrogens with zero attached hydrogens (tertiary/aromatic N) is 1. The molecule has 1 aromatic heterocycles. The molecule has 120 valence electrons. The Morgan fingerprint density at radius 1 is 1.22 bits per heavy atom. The van der Waals surface area contributed by atoms with E-state index in [0.29, 0.717) is 5.03 Å². The molecule has 0 N–H and O–H groups in total. The number of ketones is 1. The van der Waals surface area contributed by atoms with Gasteiger partial charge >= 0.3 is 5.97 Å². The number of esters is 1. The summed E-state index contributed by atoms with van der Waals surface area (Å²) in [6.45, 7) is 1.37. The number of carbonyl (C=O) groups excluding carboxylic acids is 2. The fraction of sp³-hybridized carbons (Fsp3) is 0.188. The molecule has 1 unspecified atom stereocenters. The quantitative estimate of drug-likeness (QED) is 0.475. The molecule has 7 heteroatoms. The molecule has 2 rings (SSSR count). The standard InChI is InChI=1S/C16H13F2NO3S/c1-9(14(20)10-5-6-12(17)13(18)8-10)22-16(21)11-4-3-7-19-15(11)23-2/h3-9H,1-2H3. The zero-order chi connectivity index (χ0) is 17.0. The number of halogens is 2. The third-order valence-corrected chi connectivity index (χ3v) is 3.75. The van der Waals surface area contributed by atoms with Gasteiger partial charge in [0.1, 0.15) is 5.03 Å². The Balaban J connectivity index is 2.14. The van der Waals surface area contributed by atoms with Crippen molar-refractivity contribution in [2.45, 2.75) is 18.1 Å². The van der Waals surface area contributed by atoms with Gasteiger partial charge in [0.25, 0.3) is 0 Å².